The number of nitrogens with two attached hydrogens (primary N) is 2. The summed E-state index contributed by atoms with van der Waals surface area (Å²) in [6.07, 6.45) is -0.0831. The zero-order valence-corrected chi connectivity index (χ0v) is 18.7. The van der Waals surface area contributed by atoms with Crippen molar-refractivity contribution in [1.29, 1.82) is 0 Å². The number of carbonyl (C=O) groups is 2. The molecule has 6 N–H and O–H groups in total. The van der Waals surface area contributed by atoms with Crippen molar-refractivity contribution in [1.82, 2.24) is 14.5 Å². The molecule has 3 rings (SSSR count). The standard InChI is InChI=1S/C21H19Cl2N5O5/c1-27-17(25)16(24)19(30)28(21(27)33)11-7-5-10(6-8-11)9-14(20(31)32)26-18(29)15-12(22)3-2-4-13(15)23/h2-8,14H,9,24-25H2,1H3,(H,26,29)(H,31,32)/t14-/m0/s1. The van der Waals surface area contributed by atoms with Crippen LogP contribution in [0.25, 0.3) is 5.69 Å². The van der Waals surface area contributed by atoms with Crippen LogP contribution < -0.4 is 28.0 Å². The van der Waals surface area contributed by atoms with E-state index in [-0.39, 0.29) is 39.2 Å². The van der Waals surface area contributed by atoms with Gasteiger partial charge in [-0.3, -0.25) is 14.2 Å². The first-order valence-electron chi connectivity index (χ1n) is 9.47. The van der Waals surface area contributed by atoms with E-state index in [1.807, 2.05) is 0 Å². The number of carbonyl (C=O) groups excluding carboxylic acids is 1. The fourth-order valence-corrected chi connectivity index (χ4v) is 3.71. The summed E-state index contributed by atoms with van der Waals surface area (Å²) in [5.74, 6) is -2.15. The summed E-state index contributed by atoms with van der Waals surface area (Å²) in [5.41, 5.74) is 10.3. The second kappa shape index (κ2) is 9.39. The number of hydrogen-bond donors (Lipinski definition) is 4. The van der Waals surface area contributed by atoms with Crippen molar-refractivity contribution < 1.29 is 14.7 Å². The van der Waals surface area contributed by atoms with Crippen LogP contribution >= 0.6 is 23.2 Å². The summed E-state index contributed by atoms with van der Waals surface area (Å²) in [4.78, 5) is 49.2. The lowest BCUT2D eigenvalue weighted by Crippen LogP contribution is -2.42. The summed E-state index contributed by atoms with van der Waals surface area (Å²) < 4.78 is 1.89. The van der Waals surface area contributed by atoms with E-state index in [4.69, 9.17) is 34.7 Å². The van der Waals surface area contributed by atoms with Crippen molar-refractivity contribution >= 4 is 46.6 Å². The van der Waals surface area contributed by atoms with Gasteiger partial charge in [0, 0.05) is 13.5 Å². The smallest absolute Gasteiger partial charge is 0.337 e. The maximum atomic E-state index is 12.6. The van der Waals surface area contributed by atoms with Crippen LogP contribution in [-0.4, -0.2) is 32.2 Å². The van der Waals surface area contributed by atoms with Crippen molar-refractivity contribution in [3.8, 4) is 5.69 Å². The van der Waals surface area contributed by atoms with E-state index in [0.29, 0.717) is 5.56 Å². The summed E-state index contributed by atoms with van der Waals surface area (Å²) in [5, 5.41) is 12.1. The molecule has 0 aliphatic rings. The molecule has 0 aliphatic heterocycles. The maximum Gasteiger partial charge on any atom is 0.337 e. The largest absolute Gasteiger partial charge is 0.480 e. The SMILES string of the molecule is Cn1c(N)c(N)c(=O)n(-c2ccc(C[C@H](NC(=O)c3c(Cl)cccc3Cl)C(=O)O)cc2)c1=O. The highest BCUT2D eigenvalue weighted by atomic mass is 35.5. The average molecular weight is 492 g/mol. The number of nitrogen functional groups attached to an aromatic ring is 2. The van der Waals surface area contributed by atoms with Crippen LogP contribution in [0, 0.1) is 0 Å². The summed E-state index contributed by atoms with van der Waals surface area (Å²) in [6.45, 7) is 0. The van der Waals surface area contributed by atoms with Gasteiger partial charge in [0.05, 0.1) is 21.3 Å². The number of rotatable bonds is 6. The number of aliphatic carboxylic acids is 1. The highest BCUT2D eigenvalue weighted by Gasteiger charge is 2.24. The monoisotopic (exact) mass is 491 g/mol. The second-order valence-corrected chi connectivity index (χ2v) is 7.93. The number of carboxylic acids is 1. The van der Waals surface area contributed by atoms with E-state index in [0.717, 1.165) is 9.13 Å². The van der Waals surface area contributed by atoms with Crippen LogP contribution in [0.15, 0.2) is 52.1 Å². The quantitative estimate of drug-likeness (QED) is 0.405. The fraction of sp³-hybridized carbons (Fsp3) is 0.143. The molecule has 1 atom stereocenters. The first-order chi connectivity index (χ1) is 15.5. The second-order valence-electron chi connectivity index (χ2n) is 7.11. The minimum Gasteiger partial charge on any atom is -0.480 e. The van der Waals surface area contributed by atoms with Gasteiger partial charge in [0.2, 0.25) is 0 Å². The van der Waals surface area contributed by atoms with Crippen molar-refractivity contribution in [2.75, 3.05) is 11.5 Å². The molecule has 2 aromatic carbocycles. The third-order valence-electron chi connectivity index (χ3n) is 4.98. The van der Waals surface area contributed by atoms with Crippen molar-refractivity contribution in [3.05, 3.63) is 84.5 Å². The normalized spacial score (nSPS) is 11.7. The van der Waals surface area contributed by atoms with E-state index in [9.17, 15) is 24.3 Å². The minimum atomic E-state index is -1.29. The predicted octanol–water partition coefficient (Wildman–Crippen LogP) is 1.43. The molecule has 33 heavy (non-hydrogen) atoms. The molecule has 172 valence electrons. The Hall–Kier alpha value is -3.76. The van der Waals surface area contributed by atoms with Gasteiger partial charge in [-0.15, -0.1) is 0 Å². The van der Waals surface area contributed by atoms with E-state index in [1.165, 1.54) is 43.4 Å². The van der Waals surface area contributed by atoms with Crippen molar-refractivity contribution in [2.45, 2.75) is 12.5 Å². The number of hydrogen-bond acceptors (Lipinski definition) is 6. The molecule has 0 saturated heterocycles. The molecule has 0 saturated carbocycles. The molecular weight excluding hydrogens is 473 g/mol. The number of aromatic nitrogens is 2. The molecule has 0 bridgehead atoms. The molecular formula is C21H19Cl2N5O5. The predicted molar refractivity (Wildman–Crippen MR) is 125 cm³/mol. The third kappa shape index (κ3) is 4.71. The molecule has 1 heterocycles. The molecule has 12 heteroatoms. The molecule has 1 amide bonds. The molecule has 0 spiro atoms. The van der Waals surface area contributed by atoms with Crippen LogP contribution in [0.3, 0.4) is 0 Å². The van der Waals surface area contributed by atoms with E-state index >= 15 is 0 Å². The number of benzene rings is 2. The number of anilines is 2. The van der Waals surface area contributed by atoms with Gasteiger partial charge in [0.25, 0.3) is 11.5 Å². The van der Waals surface area contributed by atoms with Gasteiger partial charge in [-0.05, 0) is 29.8 Å². The lowest BCUT2D eigenvalue weighted by atomic mass is 10.0. The Kier molecular flexibility index (Phi) is 6.80. The van der Waals surface area contributed by atoms with Crippen molar-refractivity contribution in [2.24, 2.45) is 7.05 Å². The van der Waals surface area contributed by atoms with Crippen molar-refractivity contribution in [3.63, 3.8) is 0 Å². The number of halogens is 2. The van der Waals surface area contributed by atoms with Crippen LogP contribution in [0.1, 0.15) is 15.9 Å². The van der Waals surface area contributed by atoms with Gasteiger partial charge in [-0.1, -0.05) is 41.4 Å². The topological polar surface area (TPSA) is 162 Å². The minimum absolute atomic E-state index is 0.0291. The lowest BCUT2D eigenvalue weighted by molar-refractivity contribution is -0.139. The first kappa shape index (κ1) is 23.9. The van der Waals surface area contributed by atoms with Crippen LogP contribution in [0.2, 0.25) is 10.0 Å². The van der Waals surface area contributed by atoms with Gasteiger partial charge in [0.1, 0.15) is 17.5 Å². The zero-order chi connectivity index (χ0) is 24.4. The summed E-state index contributed by atoms with van der Waals surface area (Å²) in [6, 6.07) is 9.17. The van der Waals surface area contributed by atoms with Gasteiger partial charge >= 0.3 is 11.7 Å². The van der Waals surface area contributed by atoms with E-state index in [1.54, 1.807) is 6.07 Å². The maximum absolute atomic E-state index is 12.6. The molecule has 0 unspecified atom stereocenters. The number of amides is 1. The Morgan fingerprint density at radius 3 is 2.18 bits per heavy atom. The van der Waals surface area contributed by atoms with Crippen LogP contribution in [0.4, 0.5) is 11.5 Å². The highest BCUT2D eigenvalue weighted by Crippen LogP contribution is 2.24. The Morgan fingerprint density at radius 1 is 1.06 bits per heavy atom. The molecule has 1 aromatic heterocycles. The average Bonchev–Trinajstić information content (AvgIpc) is 2.77. The molecule has 10 nitrogen and oxygen atoms in total. The number of nitrogens with zero attached hydrogens (tertiary/aromatic N) is 2. The van der Waals surface area contributed by atoms with E-state index < -0.39 is 29.2 Å². The summed E-state index contributed by atoms with van der Waals surface area (Å²) in [7, 11) is 1.38. The van der Waals surface area contributed by atoms with Crippen LogP contribution in [-0.2, 0) is 18.3 Å². The van der Waals surface area contributed by atoms with Gasteiger partial charge < -0.3 is 21.9 Å². The zero-order valence-electron chi connectivity index (χ0n) is 17.2. The summed E-state index contributed by atoms with van der Waals surface area (Å²) >= 11 is 12.0. The Labute approximate surface area is 197 Å². The van der Waals surface area contributed by atoms with Gasteiger partial charge in [-0.2, -0.15) is 0 Å². The number of nitrogens with one attached hydrogen (secondary N) is 1. The van der Waals surface area contributed by atoms with Crippen LogP contribution in [0.5, 0.6) is 0 Å². The lowest BCUT2D eigenvalue weighted by Gasteiger charge is -2.16. The van der Waals surface area contributed by atoms with E-state index in [2.05, 4.69) is 5.32 Å². The molecule has 3 aromatic rings. The molecule has 0 fully saturated rings. The Morgan fingerprint density at radius 2 is 1.64 bits per heavy atom. The van der Waals surface area contributed by atoms with Gasteiger partial charge in [0.15, 0.2) is 0 Å². The highest BCUT2D eigenvalue weighted by molar-refractivity contribution is 6.39. The number of carboxylic acid groups (broad SMARTS) is 1. The van der Waals surface area contributed by atoms with Gasteiger partial charge in [-0.25, -0.2) is 14.2 Å². The fourth-order valence-electron chi connectivity index (χ4n) is 3.14. The molecule has 0 radical (unpaired) electrons. The Balaban J connectivity index is 1.87. The first-order valence-corrected chi connectivity index (χ1v) is 10.2. The molecule has 0 aliphatic carbocycles. The Bertz CT molecular complexity index is 1310. The third-order valence-corrected chi connectivity index (χ3v) is 5.61.